The second-order valence-electron chi connectivity index (χ2n) is 5.57. The largest absolute Gasteiger partial charge is 0.477 e. The highest BCUT2D eigenvalue weighted by Gasteiger charge is 2.20. The molecule has 112 valence electrons. The van der Waals surface area contributed by atoms with E-state index in [1.807, 2.05) is 42.5 Å². The maximum absolute atomic E-state index is 8.84. The highest BCUT2D eigenvalue weighted by atomic mass is 16.5. The van der Waals surface area contributed by atoms with Crippen LogP contribution >= 0.6 is 0 Å². The Morgan fingerprint density at radius 2 is 1.91 bits per heavy atom. The maximum atomic E-state index is 8.84. The van der Waals surface area contributed by atoms with Gasteiger partial charge in [0.05, 0.1) is 18.2 Å². The summed E-state index contributed by atoms with van der Waals surface area (Å²) in [7, 11) is 0. The number of anilines is 1. The molecule has 4 nitrogen and oxygen atoms in total. The van der Waals surface area contributed by atoms with E-state index in [2.05, 4.69) is 16.0 Å². The minimum absolute atomic E-state index is 0.580. The van der Waals surface area contributed by atoms with Crippen LogP contribution in [0.25, 0.3) is 0 Å². The summed E-state index contributed by atoms with van der Waals surface area (Å²) in [6.45, 7) is 2.79. The molecule has 0 saturated carbocycles. The van der Waals surface area contributed by atoms with Gasteiger partial charge in [-0.15, -0.1) is 0 Å². The average Bonchev–Trinajstić information content (AvgIpc) is 2.61. The molecule has 3 rings (SSSR count). The van der Waals surface area contributed by atoms with Gasteiger partial charge in [-0.05, 0) is 49.1 Å². The van der Waals surface area contributed by atoms with Crippen molar-refractivity contribution in [1.82, 2.24) is 4.98 Å². The van der Waals surface area contributed by atoms with E-state index in [4.69, 9.17) is 10.00 Å². The second kappa shape index (κ2) is 6.95. The van der Waals surface area contributed by atoms with E-state index >= 15 is 0 Å². The molecule has 0 spiro atoms. The number of nitrogens with zero attached hydrogens (tertiary/aromatic N) is 3. The lowest BCUT2D eigenvalue weighted by Gasteiger charge is -2.33. The van der Waals surface area contributed by atoms with E-state index in [0.29, 0.717) is 17.4 Å². The van der Waals surface area contributed by atoms with Crippen molar-refractivity contribution in [1.29, 1.82) is 5.26 Å². The summed E-state index contributed by atoms with van der Waals surface area (Å²) in [5, 5.41) is 8.84. The van der Waals surface area contributed by atoms with Crippen LogP contribution < -0.4 is 9.64 Å². The standard InChI is InChI=1S/C18H19N3O/c19-13-15-4-6-17(7-5-15)21-11-8-16(9-12-21)14-22-18-3-1-2-10-20-18/h1-7,10,16H,8-9,11-12,14H2. The Kier molecular flexibility index (Phi) is 4.55. The van der Waals surface area contributed by atoms with Crippen LogP contribution in [0, 0.1) is 17.2 Å². The predicted octanol–water partition coefficient (Wildman–Crippen LogP) is 3.25. The maximum Gasteiger partial charge on any atom is 0.213 e. The fraction of sp³-hybridized carbons (Fsp3) is 0.333. The van der Waals surface area contributed by atoms with Crippen molar-refractivity contribution in [3.05, 3.63) is 54.2 Å². The predicted molar refractivity (Wildman–Crippen MR) is 85.8 cm³/mol. The fourth-order valence-corrected chi connectivity index (χ4v) is 2.74. The van der Waals surface area contributed by atoms with E-state index in [0.717, 1.165) is 32.5 Å². The number of ether oxygens (including phenoxy) is 1. The monoisotopic (exact) mass is 293 g/mol. The van der Waals surface area contributed by atoms with Gasteiger partial charge in [-0.1, -0.05) is 6.07 Å². The summed E-state index contributed by atoms with van der Waals surface area (Å²) in [6, 6.07) is 15.7. The van der Waals surface area contributed by atoms with Gasteiger partial charge in [-0.2, -0.15) is 5.26 Å². The van der Waals surface area contributed by atoms with Crippen molar-refractivity contribution in [3.63, 3.8) is 0 Å². The number of nitriles is 1. The Morgan fingerprint density at radius 1 is 1.14 bits per heavy atom. The lowest BCUT2D eigenvalue weighted by atomic mass is 9.97. The number of rotatable bonds is 4. The highest BCUT2D eigenvalue weighted by molar-refractivity contribution is 5.49. The van der Waals surface area contributed by atoms with Gasteiger partial charge >= 0.3 is 0 Å². The first-order valence-corrected chi connectivity index (χ1v) is 7.64. The summed E-state index contributed by atoms with van der Waals surface area (Å²) in [5.41, 5.74) is 1.91. The van der Waals surface area contributed by atoms with Crippen LogP contribution in [-0.2, 0) is 0 Å². The van der Waals surface area contributed by atoms with Crippen LogP contribution in [-0.4, -0.2) is 24.7 Å². The quantitative estimate of drug-likeness (QED) is 0.868. The molecule has 0 atom stereocenters. The molecule has 0 radical (unpaired) electrons. The Balaban J connectivity index is 1.48. The summed E-state index contributed by atoms with van der Waals surface area (Å²) in [4.78, 5) is 6.56. The summed E-state index contributed by atoms with van der Waals surface area (Å²) in [6.07, 6.45) is 3.99. The van der Waals surface area contributed by atoms with Crippen LogP contribution in [0.5, 0.6) is 5.88 Å². The van der Waals surface area contributed by atoms with Crippen LogP contribution in [0.4, 0.5) is 5.69 Å². The van der Waals surface area contributed by atoms with Crippen molar-refractivity contribution < 1.29 is 4.74 Å². The molecule has 2 heterocycles. The summed E-state index contributed by atoms with van der Waals surface area (Å²) >= 11 is 0. The van der Waals surface area contributed by atoms with Crippen molar-refractivity contribution in [3.8, 4) is 11.9 Å². The third-order valence-electron chi connectivity index (χ3n) is 4.08. The number of pyridine rings is 1. The van der Waals surface area contributed by atoms with E-state index in [1.165, 1.54) is 5.69 Å². The zero-order valence-corrected chi connectivity index (χ0v) is 12.5. The SMILES string of the molecule is N#Cc1ccc(N2CCC(COc3ccccn3)CC2)cc1. The van der Waals surface area contributed by atoms with Gasteiger partial charge in [0.2, 0.25) is 5.88 Å². The van der Waals surface area contributed by atoms with Crippen LogP contribution in [0.1, 0.15) is 18.4 Å². The lowest BCUT2D eigenvalue weighted by Crippen LogP contribution is -2.35. The zero-order chi connectivity index (χ0) is 15.2. The van der Waals surface area contributed by atoms with Gasteiger partial charge in [0, 0.05) is 31.0 Å². The third kappa shape index (κ3) is 3.56. The van der Waals surface area contributed by atoms with Crippen molar-refractivity contribution >= 4 is 5.69 Å². The third-order valence-corrected chi connectivity index (χ3v) is 4.08. The molecule has 0 amide bonds. The number of benzene rings is 1. The van der Waals surface area contributed by atoms with Crippen molar-refractivity contribution in [2.75, 3.05) is 24.6 Å². The number of hydrogen-bond acceptors (Lipinski definition) is 4. The molecular weight excluding hydrogens is 274 g/mol. The molecular formula is C18H19N3O. The smallest absolute Gasteiger partial charge is 0.213 e. The van der Waals surface area contributed by atoms with E-state index in [-0.39, 0.29) is 0 Å². The summed E-state index contributed by atoms with van der Waals surface area (Å²) in [5.74, 6) is 1.29. The Morgan fingerprint density at radius 3 is 2.55 bits per heavy atom. The normalized spacial score (nSPS) is 15.3. The van der Waals surface area contributed by atoms with Crippen molar-refractivity contribution in [2.24, 2.45) is 5.92 Å². The number of aromatic nitrogens is 1. The number of piperidine rings is 1. The first kappa shape index (κ1) is 14.4. The first-order valence-electron chi connectivity index (χ1n) is 7.64. The van der Waals surface area contributed by atoms with Gasteiger partial charge in [-0.3, -0.25) is 0 Å². The number of hydrogen-bond donors (Lipinski definition) is 0. The highest BCUT2D eigenvalue weighted by Crippen LogP contribution is 2.24. The van der Waals surface area contributed by atoms with Crippen LogP contribution in [0.2, 0.25) is 0 Å². The van der Waals surface area contributed by atoms with Gasteiger partial charge < -0.3 is 9.64 Å². The topological polar surface area (TPSA) is 49.2 Å². The first-order chi connectivity index (χ1) is 10.8. The van der Waals surface area contributed by atoms with Crippen molar-refractivity contribution in [2.45, 2.75) is 12.8 Å². The van der Waals surface area contributed by atoms with E-state index in [1.54, 1.807) is 6.20 Å². The van der Waals surface area contributed by atoms with E-state index in [9.17, 15) is 0 Å². The van der Waals surface area contributed by atoms with Gasteiger partial charge in [0.1, 0.15) is 0 Å². The molecule has 1 aromatic carbocycles. The molecule has 22 heavy (non-hydrogen) atoms. The minimum atomic E-state index is 0.580. The van der Waals surface area contributed by atoms with Gasteiger partial charge in [0.25, 0.3) is 0 Å². The molecule has 0 bridgehead atoms. The molecule has 1 saturated heterocycles. The van der Waals surface area contributed by atoms with Gasteiger partial charge in [-0.25, -0.2) is 4.98 Å². The second-order valence-corrected chi connectivity index (χ2v) is 5.57. The molecule has 1 aliphatic heterocycles. The molecule has 4 heteroatoms. The van der Waals surface area contributed by atoms with Gasteiger partial charge in [0.15, 0.2) is 0 Å². The molecule has 2 aromatic rings. The molecule has 0 aliphatic carbocycles. The molecule has 1 aromatic heterocycles. The van der Waals surface area contributed by atoms with Crippen LogP contribution in [0.15, 0.2) is 48.7 Å². The summed E-state index contributed by atoms with van der Waals surface area (Å²) < 4.78 is 5.75. The average molecular weight is 293 g/mol. The molecule has 1 aliphatic rings. The van der Waals surface area contributed by atoms with Crippen LogP contribution in [0.3, 0.4) is 0 Å². The fourth-order valence-electron chi connectivity index (χ4n) is 2.74. The lowest BCUT2D eigenvalue weighted by molar-refractivity contribution is 0.216. The minimum Gasteiger partial charge on any atom is -0.477 e. The van der Waals surface area contributed by atoms with E-state index < -0.39 is 0 Å². The Bertz CT molecular complexity index is 626. The molecule has 0 unspecified atom stereocenters. The molecule has 0 N–H and O–H groups in total. The Hall–Kier alpha value is -2.54. The molecule has 1 fully saturated rings. The Labute approximate surface area is 131 Å². The zero-order valence-electron chi connectivity index (χ0n) is 12.5.